The van der Waals surface area contributed by atoms with Gasteiger partial charge < -0.3 is 21.2 Å². The Bertz CT molecular complexity index is 615. The van der Waals surface area contributed by atoms with Crippen molar-refractivity contribution in [3.8, 4) is 11.5 Å². The van der Waals surface area contributed by atoms with Crippen LogP contribution in [0, 0.1) is 0 Å². The van der Waals surface area contributed by atoms with Gasteiger partial charge in [-0.15, -0.1) is 0 Å². The van der Waals surface area contributed by atoms with Gasteiger partial charge in [-0.1, -0.05) is 0 Å². The molecule has 6 nitrogen and oxygen atoms in total. The molecule has 2 rings (SSSR count). The first-order valence-corrected chi connectivity index (χ1v) is 6.58. The zero-order valence-electron chi connectivity index (χ0n) is 12.5. The highest BCUT2D eigenvalue weighted by atomic mass is 16.5. The Labute approximate surface area is 129 Å². The van der Waals surface area contributed by atoms with Crippen molar-refractivity contribution in [3.63, 3.8) is 0 Å². The minimum Gasteiger partial charge on any atom is -0.497 e. The fraction of sp³-hybridized carbons (Fsp3) is 0.125. The number of hydrogen-bond acceptors (Lipinski definition) is 6. The number of hydrogen-bond donors (Lipinski definition) is 2. The van der Waals surface area contributed by atoms with Crippen molar-refractivity contribution in [2.24, 2.45) is 21.9 Å². The Kier molecular flexibility index (Phi) is 4.98. The lowest BCUT2D eigenvalue weighted by molar-refractivity contribution is 0.414. The summed E-state index contributed by atoms with van der Waals surface area (Å²) in [6.45, 7) is 0. The van der Waals surface area contributed by atoms with Crippen LogP contribution in [0.3, 0.4) is 0 Å². The van der Waals surface area contributed by atoms with Gasteiger partial charge in [0.2, 0.25) is 0 Å². The number of nitrogens with zero attached hydrogens (tertiary/aromatic N) is 2. The number of methoxy groups -OCH3 is 2. The zero-order valence-corrected chi connectivity index (χ0v) is 12.5. The first-order chi connectivity index (χ1) is 10.7. The van der Waals surface area contributed by atoms with Crippen LogP contribution in [0.15, 0.2) is 58.7 Å². The van der Waals surface area contributed by atoms with E-state index in [-0.39, 0.29) is 0 Å². The van der Waals surface area contributed by atoms with Crippen molar-refractivity contribution >= 4 is 11.4 Å². The summed E-state index contributed by atoms with van der Waals surface area (Å²) in [5.74, 6) is 12.6. The molecule has 0 bridgehead atoms. The van der Waals surface area contributed by atoms with Crippen LogP contribution in [0.2, 0.25) is 0 Å². The van der Waals surface area contributed by atoms with Gasteiger partial charge in [0, 0.05) is 11.1 Å². The maximum absolute atomic E-state index is 5.54. The summed E-state index contributed by atoms with van der Waals surface area (Å²) in [7, 11) is 3.22. The van der Waals surface area contributed by atoms with E-state index >= 15 is 0 Å². The summed E-state index contributed by atoms with van der Waals surface area (Å²) in [6.07, 6.45) is 0. The van der Waals surface area contributed by atoms with E-state index in [1.165, 1.54) is 0 Å². The van der Waals surface area contributed by atoms with Crippen LogP contribution in [-0.4, -0.2) is 25.6 Å². The van der Waals surface area contributed by atoms with Gasteiger partial charge in [0.05, 0.1) is 14.2 Å². The molecule has 114 valence electrons. The molecule has 0 aromatic heterocycles. The first kappa shape index (κ1) is 15.4. The molecule has 0 aliphatic rings. The van der Waals surface area contributed by atoms with E-state index in [9.17, 15) is 0 Å². The predicted octanol–water partition coefficient (Wildman–Crippen LogP) is 1.73. The van der Waals surface area contributed by atoms with Crippen molar-refractivity contribution in [2.45, 2.75) is 0 Å². The van der Waals surface area contributed by atoms with E-state index in [1.54, 1.807) is 14.2 Å². The van der Waals surface area contributed by atoms with Crippen molar-refractivity contribution in [1.82, 2.24) is 0 Å². The molecule has 6 heteroatoms. The fourth-order valence-electron chi connectivity index (χ4n) is 2.04. The second-order valence-corrected chi connectivity index (χ2v) is 4.41. The Morgan fingerprint density at radius 1 is 0.682 bits per heavy atom. The quantitative estimate of drug-likeness (QED) is 0.499. The standard InChI is InChI=1S/C16H18N4O2/c1-21-13-7-3-11(4-8-13)15(19-17)16(20-18)12-5-9-14(22-2)10-6-12/h3-10H,17-18H2,1-2H3. The summed E-state index contributed by atoms with van der Waals surface area (Å²) in [5, 5.41) is 7.68. The van der Waals surface area contributed by atoms with E-state index < -0.39 is 0 Å². The molecule has 0 aliphatic heterocycles. The van der Waals surface area contributed by atoms with Gasteiger partial charge in [-0.2, -0.15) is 10.2 Å². The smallest absolute Gasteiger partial charge is 0.118 e. The molecule has 2 aromatic carbocycles. The molecular formula is C16H18N4O2. The fourth-order valence-corrected chi connectivity index (χ4v) is 2.04. The molecule has 0 saturated heterocycles. The highest BCUT2D eigenvalue weighted by Crippen LogP contribution is 2.17. The molecule has 2 aromatic rings. The SMILES string of the molecule is COc1ccc(C(=NN)C(=NN)c2ccc(OC)cc2)cc1. The van der Waals surface area contributed by atoms with E-state index in [0.29, 0.717) is 11.4 Å². The summed E-state index contributed by atoms with van der Waals surface area (Å²) >= 11 is 0. The van der Waals surface area contributed by atoms with Crippen LogP contribution in [-0.2, 0) is 0 Å². The minimum absolute atomic E-state index is 0.496. The number of hydrazone groups is 2. The molecule has 0 fully saturated rings. The van der Waals surface area contributed by atoms with Crippen molar-refractivity contribution < 1.29 is 9.47 Å². The van der Waals surface area contributed by atoms with Crippen LogP contribution in [0.5, 0.6) is 11.5 Å². The number of nitrogens with two attached hydrogens (primary N) is 2. The second-order valence-electron chi connectivity index (χ2n) is 4.41. The average molecular weight is 298 g/mol. The van der Waals surface area contributed by atoms with Crippen LogP contribution >= 0.6 is 0 Å². The zero-order chi connectivity index (χ0) is 15.9. The van der Waals surface area contributed by atoms with Gasteiger partial charge in [0.1, 0.15) is 22.9 Å². The summed E-state index contributed by atoms with van der Waals surface area (Å²) in [5.41, 5.74) is 2.58. The van der Waals surface area contributed by atoms with Crippen LogP contribution in [0.4, 0.5) is 0 Å². The molecule has 22 heavy (non-hydrogen) atoms. The molecule has 0 radical (unpaired) electrons. The third-order valence-electron chi connectivity index (χ3n) is 3.21. The van der Waals surface area contributed by atoms with Crippen molar-refractivity contribution in [1.29, 1.82) is 0 Å². The van der Waals surface area contributed by atoms with Crippen molar-refractivity contribution in [3.05, 3.63) is 59.7 Å². The van der Waals surface area contributed by atoms with Gasteiger partial charge in [-0.25, -0.2) is 0 Å². The summed E-state index contributed by atoms with van der Waals surface area (Å²) in [4.78, 5) is 0. The normalized spacial score (nSPS) is 12.1. The highest BCUT2D eigenvalue weighted by molar-refractivity contribution is 6.53. The minimum atomic E-state index is 0.496. The topological polar surface area (TPSA) is 95.2 Å². The molecule has 4 N–H and O–H groups in total. The molecular weight excluding hydrogens is 280 g/mol. The lowest BCUT2D eigenvalue weighted by atomic mass is 9.99. The number of ether oxygens (including phenoxy) is 2. The molecule has 0 spiro atoms. The Morgan fingerprint density at radius 3 is 1.23 bits per heavy atom. The van der Waals surface area contributed by atoms with Gasteiger partial charge in [-0.3, -0.25) is 0 Å². The monoisotopic (exact) mass is 298 g/mol. The molecule has 0 unspecified atom stereocenters. The van der Waals surface area contributed by atoms with Crippen LogP contribution in [0.1, 0.15) is 11.1 Å². The van der Waals surface area contributed by atoms with Gasteiger partial charge in [-0.05, 0) is 48.5 Å². The van der Waals surface area contributed by atoms with E-state index in [0.717, 1.165) is 22.6 Å². The third-order valence-corrected chi connectivity index (χ3v) is 3.21. The van der Waals surface area contributed by atoms with Crippen LogP contribution in [0.25, 0.3) is 0 Å². The van der Waals surface area contributed by atoms with Gasteiger partial charge >= 0.3 is 0 Å². The molecule has 0 aliphatic carbocycles. The van der Waals surface area contributed by atoms with Gasteiger partial charge in [0.25, 0.3) is 0 Å². The third kappa shape index (κ3) is 3.17. The second kappa shape index (κ2) is 7.12. The Balaban J connectivity index is 2.38. The number of benzene rings is 2. The lowest BCUT2D eigenvalue weighted by Crippen LogP contribution is -2.20. The molecule has 0 heterocycles. The largest absolute Gasteiger partial charge is 0.497 e. The van der Waals surface area contributed by atoms with E-state index in [2.05, 4.69) is 10.2 Å². The molecule has 0 amide bonds. The predicted molar refractivity (Wildman–Crippen MR) is 87.4 cm³/mol. The lowest BCUT2D eigenvalue weighted by Gasteiger charge is -2.10. The average Bonchev–Trinajstić information content (AvgIpc) is 2.60. The van der Waals surface area contributed by atoms with Gasteiger partial charge in [0.15, 0.2) is 0 Å². The maximum atomic E-state index is 5.54. The number of rotatable bonds is 5. The summed E-state index contributed by atoms with van der Waals surface area (Å²) in [6, 6.07) is 14.7. The molecule has 0 atom stereocenters. The first-order valence-electron chi connectivity index (χ1n) is 6.58. The highest BCUT2D eigenvalue weighted by Gasteiger charge is 2.14. The maximum Gasteiger partial charge on any atom is 0.118 e. The van der Waals surface area contributed by atoms with Crippen molar-refractivity contribution in [2.75, 3.05) is 14.2 Å². The van der Waals surface area contributed by atoms with E-state index in [4.69, 9.17) is 21.2 Å². The Morgan fingerprint density at radius 2 is 1.00 bits per heavy atom. The summed E-state index contributed by atoms with van der Waals surface area (Å²) < 4.78 is 10.3. The van der Waals surface area contributed by atoms with Crippen LogP contribution < -0.4 is 21.2 Å². The Hall–Kier alpha value is -3.02. The molecule has 0 saturated carbocycles. The van der Waals surface area contributed by atoms with E-state index in [1.807, 2.05) is 48.5 Å².